The van der Waals surface area contributed by atoms with Crippen molar-refractivity contribution in [2.24, 2.45) is 5.73 Å². The van der Waals surface area contributed by atoms with E-state index >= 15 is 0 Å². The van der Waals surface area contributed by atoms with Crippen LogP contribution in [0.15, 0.2) is 54.6 Å². The molecule has 134 valence electrons. The first-order valence-corrected chi connectivity index (χ1v) is 8.36. The van der Waals surface area contributed by atoms with Crippen molar-refractivity contribution in [2.75, 3.05) is 13.1 Å². The molecule has 1 aliphatic rings. The van der Waals surface area contributed by atoms with Crippen LogP contribution in [0.1, 0.15) is 35.8 Å². The molecule has 3 atom stereocenters. The Morgan fingerprint density at radius 3 is 2.40 bits per heavy atom. The summed E-state index contributed by atoms with van der Waals surface area (Å²) in [7, 11) is 0. The average Bonchev–Trinajstić information content (AvgIpc) is 2.61. The molecule has 2 aromatic carbocycles. The molecule has 1 heterocycles. The van der Waals surface area contributed by atoms with Crippen molar-refractivity contribution in [1.29, 1.82) is 0 Å². The lowest BCUT2D eigenvalue weighted by Crippen LogP contribution is -2.48. The van der Waals surface area contributed by atoms with E-state index < -0.39 is 6.04 Å². The molecule has 3 unspecified atom stereocenters. The number of halogens is 1. The molecule has 0 bridgehead atoms. The Morgan fingerprint density at radius 1 is 1.12 bits per heavy atom. The van der Waals surface area contributed by atoms with E-state index in [1.165, 1.54) is 0 Å². The van der Waals surface area contributed by atoms with Crippen LogP contribution in [0, 0.1) is 6.92 Å². The molecular formula is C20H25ClN2O2. The summed E-state index contributed by atoms with van der Waals surface area (Å²) in [5.41, 5.74) is 9.31. The predicted molar refractivity (Wildman–Crippen MR) is 102 cm³/mol. The number of morpholine rings is 1. The van der Waals surface area contributed by atoms with Gasteiger partial charge < -0.3 is 15.4 Å². The van der Waals surface area contributed by atoms with E-state index in [1.54, 1.807) is 0 Å². The first-order valence-electron chi connectivity index (χ1n) is 8.36. The molecule has 1 amide bonds. The van der Waals surface area contributed by atoms with Gasteiger partial charge in [0.25, 0.3) is 0 Å². The molecule has 5 heteroatoms. The molecule has 1 saturated heterocycles. The van der Waals surface area contributed by atoms with E-state index in [-0.39, 0.29) is 30.5 Å². The van der Waals surface area contributed by atoms with Crippen LogP contribution in [0.5, 0.6) is 0 Å². The van der Waals surface area contributed by atoms with Crippen molar-refractivity contribution in [3.63, 3.8) is 0 Å². The van der Waals surface area contributed by atoms with Crippen molar-refractivity contribution >= 4 is 18.3 Å². The predicted octanol–water partition coefficient (Wildman–Crippen LogP) is 3.41. The third-order valence-corrected chi connectivity index (χ3v) is 4.45. The van der Waals surface area contributed by atoms with E-state index in [1.807, 2.05) is 73.3 Å². The highest BCUT2D eigenvalue weighted by Crippen LogP contribution is 2.26. The van der Waals surface area contributed by atoms with E-state index in [9.17, 15) is 4.79 Å². The first-order chi connectivity index (χ1) is 11.5. The molecule has 1 aliphatic heterocycles. The number of carbonyl (C=O) groups is 1. The van der Waals surface area contributed by atoms with Crippen molar-refractivity contribution in [3.05, 3.63) is 71.3 Å². The number of amides is 1. The van der Waals surface area contributed by atoms with Crippen molar-refractivity contribution in [3.8, 4) is 0 Å². The summed E-state index contributed by atoms with van der Waals surface area (Å²) < 4.78 is 6.02. The summed E-state index contributed by atoms with van der Waals surface area (Å²) >= 11 is 0. The third kappa shape index (κ3) is 4.60. The Morgan fingerprint density at radius 2 is 1.76 bits per heavy atom. The molecule has 3 rings (SSSR count). The average molecular weight is 361 g/mol. The second kappa shape index (κ2) is 8.48. The number of carbonyl (C=O) groups excluding carboxylic acids is 1. The molecule has 2 aromatic rings. The van der Waals surface area contributed by atoms with Crippen LogP contribution in [0.25, 0.3) is 0 Å². The highest BCUT2D eigenvalue weighted by atomic mass is 35.5. The smallest absolute Gasteiger partial charge is 0.244 e. The molecular weight excluding hydrogens is 336 g/mol. The largest absolute Gasteiger partial charge is 0.367 e. The van der Waals surface area contributed by atoms with Gasteiger partial charge in [-0.05, 0) is 25.0 Å². The number of nitrogens with two attached hydrogens (primary N) is 1. The Balaban J connectivity index is 0.00000225. The van der Waals surface area contributed by atoms with Crippen LogP contribution in [0.3, 0.4) is 0 Å². The van der Waals surface area contributed by atoms with Crippen LogP contribution in [0.2, 0.25) is 0 Å². The SMILES string of the molecule is Cc1ccc(C(N)C(=O)N2CC(C)OC(c3ccccc3)C2)cc1.Cl. The van der Waals surface area contributed by atoms with Gasteiger partial charge in [0.1, 0.15) is 12.1 Å². The third-order valence-electron chi connectivity index (χ3n) is 4.45. The summed E-state index contributed by atoms with van der Waals surface area (Å²) in [6.45, 7) is 5.12. The Bertz CT molecular complexity index is 691. The van der Waals surface area contributed by atoms with Crippen LogP contribution < -0.4 is 5.73 Å². The Labute approximate surface area is 155 Å². The molecule has 0 radical (unpaired) electrons. The molecule has 2 N–H and O–H groups in total. The van der Waals surface area contributed by atoms with E-state index in [0.717, 1.165) is 16.7 Å². The summed E-state index contributed by atoms with van der Waals surface area (Å²) in [4.78, 5) is 14.7. The zero-order valence-electron chi connectivity index (χ0n) is 14.6. The first kappa shape index (κ1) is 19.4. The lowest BCUT2D eigenvalue weighted by atomic mass is 10.0. The van der Waals surface area contributed by atoms with Crippen LogP contribution in [-0.2, 0) is 9.53 Å². The van der Waals surface area contributed by atoms with Gasteiger partial charge >= 0.3 is 0 Å². The molecule has 25 heavy (non-hydrogen) atoms. The maximum absolute atomic E-state index is 12.9. The molecule has 1 fully saturated rings. The fourth-order valence-corrected chi connectivity index (χ4v) is 3.10. The molecule has 0 saturated carbocycles. The van der Waals surface area contributed by atoms with E-state index in [0.29, 0.717) is 13.1 Å². The zero-order valence-corrected chi connectivity index (χ0v) is 15.4. The second-order valence-electron chi connectivity index (χ2n) is 6.48. The normalized spacial score (nSPS) is 21.3. The van der Waals surface area contributed by atoms with E-state index in [4.69, 9.17) is 10.5 Å². The van der Waals surface area contributed by atoms with Gasteiger partial charge in [-0.1, -0.05) is 60.2 Å². The molecule has 4 nitrogen and oxygen atoms in total. The number of hydrogen-bond donors (Lipinski definition) is 1. The minimum atomic E-state index is -0.632. The number of aryl methyl sites for hydroxylation is 1. The second-order valence-corrected chi connectivity index (χ2v) is 6.48. The number of nitrogens with zero attached hydrogens (tertiary/aromatic N) is 1. The number of rotatable bonds is 3. The van der Waals surface area contributed by atoms with Crippen molar-refractivity contribution in [1.82, 2.24) is 4.90 Å². The highest BCUT2D eigenvalue weighted by molar-refractivity contribution is 5.85. The van der Waals surface area contributed by atoms with Crippen LogP contribution in [0.4, 0.5) is 0 Å². The maximum atomic E-state index is 12.9. The van der Waals surface area contributed by atoms with Crippen molar-refractivity contribution in [2.45, 2.75) is 32.1 Å². The highest BCUT2D eigenvalue weighted by Gasteiger charge is 2.32. The maximum Gasteiger partial charge on any atom is 0.244 e. The van der Waals surface area contributed by atoms with Gasteiger partial charge in [-0.15, -0.1) is 12.4 Å². The molecule has 0 aromatic heterocycles. The fraction of sp³-hybridized carbons (Fsp3) is 0.350. The standard InChI is InChI=1S/C20H24N2O2.ClH/c1-14-8-10-17(11-9-14)19(21)20(23)22-12-15(2)24-18(13-22)16-6-4-3-5-7-16;/h3-11,15,18-19H,12-13,21H2,1-2H3;1H. The quantitative estimate of drug-likeness (QED) is 0.912. The zero-order chi connectivity index (χ0) is 17.1. The van der Waals surface area contributed by atoms with Gasteiger partial charge in [0.05, 0.1) is 12.6 Å². The lowest BCUT2D eigenvalue weighted by Gasteiger charge is -2.38. The van der Waals surface area contributed by atoms with Gasteiger partial charge in [-0.25, -0.2) is 0 Å². The summed E-state index contributed by atoms with van der Waals surface area (Å²) in [6, 6.07) is 17.2. The fourth-order valence-electron chi connectivity index (χ4n) is 3.10. The van der Waals surface area contributed by atoms with Gasteiger partial charge in [0, 0.05) is 6.54 Å². The lowest BCUT2D eigenvalue weighted by molar-refractivity contribution is -0.146. The molecule has 0 aliphatic carbocycles. The summed E-state index contributed by atoms with van der Waals surface area (Å²) in [6.07, 6.45) is -0.123. The summed E-state index contributed by atoms with van der Waals surface area (Å²) in [5.74, 6) is -0.0464. The Hall–Kier alpha value is -1.88. The van der Waals surface area contributed by atoms with Gasteiger partial charge in [-0.3, -0.25) is 4.79 Å². The summed E-state index contributed by atoms with van der Waals surface area (Å²) in [5, 5.41) is 0. The van der Waals surface area contributed by atoms with Crippen LogP contribution >= 0.6 is 12.4 Å². The monoisotopic (exact) mass is 360 g/mol. The van der Waals surface area contributed by atoms with Crippen molar-refractivity contribution < 1.29 is 9.53 Å². The number of hydrogen-bond acceptors (Lipinski definition) is 3. The minimum absolute atomic E-state index is 0. The number of ether oxygens (including phenoxy) is 1. The minimum Gasteiger partial charge on any atom is -0.367 e. The Kier molecular flexibility index (Phi) is 6.59. The van der Waals surface area contributed by atoms with Crippen LogP contribution in [-0.4, -0.2) is 30.0 Å². The van der Waals surface area contributed by atoms with Gasteiger partial charge in [-0.2, -0.15) is 0 Å². The van der Waals surface area contributed by atoms with Gasteiger partial charge in [0.15, 0.2) is 0 Å². The number of benzene rings is 2. The molecule has 0 spiro atoms. The topological polar surface area (TPSA) is 55.6 Å². The van der Waals surface area contributed by atoms with Gasteiger partial charge in [0.2, 0.25) is 5.91 Å². The van der Waals surface area contributed by atoms with E-state index in [2.05, 4.69) is 0 Å².